The standard InChI is InChI=1S/C27H29N3O7S/c1-14-10-11-18(37-14)20(19-9-5-13-38-19)29-22-21(24(32)25(22)33)28-16-7-3-6-15(23(16)31)26(34)30-12-4-8-17(30)27(35)36-2/h3,6-7,10-11,17,19-20,28-29,31H,4-5,8-9,12-13H2,1-2H3/t17-,19?,20?/m0/s1. The third kappa shape index (κ3) is 4.66. The molecular formula is C27H29N3O7S. The van der Waals surface area contributed by atoms with E-state index in [9.17, 15) is 24.3 Å². The maximum absolute atomic E-state index is 13.2. The molecule has 2 aliphatic heterocycles. The number of hydrogen-bond acceptors (Lipinski definition) is 10. The topological polar surface area (TPSA) is 138 Å². The number of nitrogens with one attached hydrogen (secondary N) is 2. The van der Waals surface area contributed by atoms with Gasteiger partial charge < -0.3 is 29.8 Å². The molecule has 11 heteroatoms. The SMILES string of the molecule is COC(=O)[C@@H]1CCCN1C(=O)c1cccc(Nc2c(NC(c3ccc(C)o3)C3CCCS3)c(=O)c2=O)c1O. The molecule has 3 atom stereocenters. The Balaban J connectivity index is 1.41. The summed E-state index contributed by atoms with van der Waals surface area (Å²) in [5, 5.41) is 17.2. The van der Waals surface area contributed by atoms with Crippen LogP contribution < -0.4 is 21.5 Å². The van der Waals surface area contributed by atoms with Crippen molar-refractivity contribution in [2.45, 2.75) is 49.9 Å². The number of furan rings is 1. The van der Waals surface area contributed by atoms with Gasteiger partial charge in [0.1, 0.15) is 28.9 Å². The molecule has 0 bridgehead atoms. The number of para-hydroxylation sites is 1. The van der Waals surface area contributed by atoms with Crippen LogP contribution in [0.1, 0.15) is 53.6 Å². The van der Waals surface area contributed by atoms with E-state index in [0.717, 1.165) is 24.4 Å². The summed E-state index contributed by atoms with van der Waals surface area (Å²) in [7, 11) is 1.27. The predicted octanol–water partition coefficient (Wildman–Crippen LogP) is 3.46. The summed E-state index contributed by atoms with van der Waals surface area (Å²) < 4.78 is 10.7. The molecule has 0 aliphatic carbocycles. The molecule has 0 radical (unpaired) electrons. The van der Waals surface area contributed by atoms with E-state index in [0.29, 0.717) is 25.1 Å². The quantitative estimate of drug-likeness (QED) is 0.222. The van der Waals surface area contributed by atoms with E-state index in [1.807, 2.05) is 19.1 Å². The van der Waals surface area contributed by atoms with E-state index >= 15 is 0 Å². The van der Waals surface area contributed by atoms with Crippen LogP contribution in [0.15, 0.2) is 44.3 Å². The number of benzene rings is 1. The smallest absolute Gasteiger partial charge is 0.328 e. The summed E-state index contributed by atoms with van der Waals surface area (Å²) in [5.41, 5.74) is -1.18. The molecule has 3 N–H and O–H groups in total. The highest BCUT2D eigenvalue weighted by Gasteiger charge is 2.37. The molecule has 1 aromatic heterocycles. The Morgan fingerprint density at radius 2 is 1.92 bits per heavy atom. The summed E-state index contributed by atoms with van der Waals surface area (Å²) in [6.45, 7) is 2.20. The number of ether oxygens (including phenoxy) is 1. The van der Waals surface area contributed by atoms with E-state index in [2.05, 4.69) is 10.6 Å². The number of methoxy groups -OCH3 is 1. The zero-order valence-corrected chi connectivity index (χ0v) is 21.9. The van der Waals surface area contributed by atoms with Crippen LogP contribution >= 0.6 is 11.8 Å². The fourth-order valence-corrected chi connectivity index (χ4v) is 6.50. The van der Waals surface area contributed by atoms with Gasteiger partial charge in [0.15, 0.2) is 5.75 Å². The van der Waals surface area contributed by atoms with Crippen LogP contribution in [0, 0.1) is 6.92 Å². The number of carbonyl (C=O) groups excluding carboxylic acids is 2. The molecule has 2 aliphatic rings. The first kappa shape index (κ1) is 25.9. The Labute approximate surface area is 223 Å². The minimum Gasteiger partial charge on any atom is -0.505 e. The molecule has 5 rings (SSSR count). The molecule has 0 saturated carbocycles. The fourth-order valence-electron chi connectivity index (χ4n) is 5.13. The van der Waals surface area contributed by atoms with Gasteiger partial charge in [-0.25, -0.2) is 4.79 Å². The highest BCUT2D eigenvalue weighted by molar-refractivity contribution is 8.00. The Kier molecular flexibility index (Phi) is 7.20. The Morgan fingerprint density at radius 3 is 2.61 bits per heavy atom. The number of hydrogen-bond donors (Lipinski definition) is 3. The van der Waals surface area contributed by atoms with Gasteiger partial charge in [-0.3, -0.25) is 14.4 Å². The van der Waals surface area contributed by atoms with Crippen LogP contribution in [-0.4, -0.2) is 52.6 Å². The number of likely N-dealkylation sites (tertiary alicyclic amines) is 1. The molecule has 200 valence electrons. The maximum Gasteiger partial charge on any atom is 0.328 e. The lowest BCUT2D eigenvalue weighted by atomic mass is 10.0. The van der Waals surface area contributed by atoms with E-state index in [-0.39, 0.29) is 39.7 Å². The number of anilines is 3. The second kappa shape index (κ2) is 10.6. The van der Waals surface area contributed by atoms with Gasteiger partial charge in [-0.1, -0.05) is 6.07 Å². The van der Waals surface area contributed by atoms with Crippen LogP contribution in [0.2, 0.25) is 0 Å². The van der Waals surface area contributed by atoms with E-state index < -0.39 is 28.8 Å². The third-order valence-electron chi connectivity index (χ3n) is 7.13. The monoisotopic (exact) mass is 539 g/mol. The number of thioether (sulfide) groups is 1. The molecule has 3 aromatic rings. The van der Waals surface area contributed by atoms with Gasteiger partial charge in [-0.05, 0) is 62.6 Å². The van der Waals surface area contributed by atoms with Gasteiger partial charge in [-0.15, -0.1) is 0 Å². The summed E-state index contributed by atoms with van der Waals surface area (Å²) in [6, 6.07) is 7.20. The van der Waals surface area contributed by atoms with Gasteiger partial charge in [0.05, 0.1) is 24.4 Å². The van der Waals surface area contributed by atoms with Crippen molar-refractivity contribution in [1.29, 1.82) is 0 Å². The largest absolute Gasteiger partial charge is 0.505 e. The summed E-state index contributed by atoms with van der Waals surface area (Å²) in [4.78, 5) is 51.9. The summed E-state index contributed by atoms with van der Waals surface area (Å²) in [6.07, 6.45) is 3.10. The van der Waals surface area contributed by atoms with Crippen LogP contribution in [0.4, 0.5) is 17.1 Å². The molecule has 2 aromatic carbocycles. The average molecular weight is 540 g/mol. The lowest BCUT2D eigenvalue weighted by Crippen LogP contribution is -2.41. The van der Waals surface area contributed by atoms with Crippen molar-refractivity contribution in [2.24, 2.45) is 0 Å². The van der Waals surface area contributed by atoms with Crippen molar-refractivity contribution in [3.8, 4) is 5.75 Å². The molecule has 2 fully saturated rings. The number of carbonyl (C=O) groups is 2. The van der Waals surface area contributed by atoms with Gasteiger partial charge >= 0.3 is 5.97 Å². The lowest BCUT2D eigenvalue weighted by Gasteiger charge is -2.26. The number of amides is 1. The Bertz CT molecular complexity index is 1440. The highest BCUT2D eigenvalue weighted by atomic mass is 32.2. The zero-order chi connectivity index (χ0) is 27.0. The Morgan fingerprint density at radius 1 is 1.13 bits per heavy atom. The first-order valence-corrected chi connectivity index (χ1v) is 13.6. The van der Waals surface area contributed by atoms with Crippen molar-refractivity contribution >= 4 is 40.7 Å². The summed E-state index contributed by atoms with van der Waals surface area (Å²) >= 11 is 1.78. The number of rotatable bonds is 8. The highest BCUT2D eigenvalue weighted by Crippen LogP contribution is 2.40. The second-order valence-corrected chi connectivity index (χ2v) is 10.9. The normalized spacial score (nSPS) is 20.0. The molecule has 0 spiro atoms. The van der Waals surface area contributed by atoms with Gasteiger partial charge in [0.25, 0.3) is 16.8 Å². The van der Waals surface area contributed by atoms with Gasteiger partial charge in [-0.2, -0.15) is 11.8 Å². The van der Waals surface area contributed by atoms with Crippen LogP contribution in [0.25, 0.3) is 0 Å². The molecular weight excluding hydrogens is 510 g/mol. The number of aryl methyl sites for hydroxylation is 1. The van der Waals surface area contributed by atoms with E-state index in [4.69, 9.17) is 9.15 Å². The number of aromatic hydroxyl groups is 1. The molecule has 10 nitrogen and oxygen atoms in total. The number of phenols is 1. The summed E-state index contributed by atoms with van der Waals surface area (Å²) in [5.74, 6) is 1.03. The van der Waals surface area contributed by atoms with Crippen LogP contribution in [0.3, 0.4) is 0 Å². The molecule has 2 saturated heterocycles. The minimum absolute atomic E-state index is 0.0137. The number of nitrogens with zero attached hydrogens (tertiary/aromatic N) is 1. The van der Waals surface area contributed by atoms with E-state index in [1.54, 1.807) is 17.8 Å². The third-order valence-corrected chi connectivity index (χ3v) is 8.59. The van der Waals surface area contributed by atoms with Crippen molar-refractivity contribution in [2.75, 3.05) is 30.0 Å². The first-order chi connectivity index (χ1) is 18.3. The van der Waals surface area contributed by atoms with Crippen LogP contribution in [0.5, 0.6) is 5.75 Å². The molecule has 38 heavy (non-hydrogen) atoms. The molecule has 3 heterocycles. The number of phenolic OH excluding ortho intramolecular Hbond substituents is 1. The second-order valence-electron chi connectivity index (χ2n) is 9.54. The average Bonchev–Trinajstić information content (AvgIpc) is 3.70. The lowest BCUT2D eigenvalue weighted by molar-refractivity contribution is -0.145. The van der Waals surface area contributed by atoms with Gasteiger partial charge in [0, 0.05) is 11.8 Å². The molecule has 2 unspecified atom stereocenters. The fraction of sp³-hybridized carbons (Fsp3) is 0.407. The van der Waals surface area contributed by atoms with Crippen molar-refractivity contribution < 1.29 is 23.8 Å². The van der Waals surface area contributed by atoms with Crippen LogP contribution in [-0.2, 0) is 9.53 Å². The minimum atomic E-state index is -0.720. The van der Waals surface area contributed by atoms with E-state index in [1.165, 1.54) is 24.1 Å². The van der Waals surface area contributed by atoms with Gasteiger partial charge in [0.2, 0.25) is 0 Å². The van der Waals surface area contributed by atoms with Crippen molar-refractivity contribution in [3.05, 3.63) is 67.9 Å². The zero-order valence-electron chi connectivity index (χ0n) is 21.1. The predicted molar refractivity (Wildman–Crippen MR) is 144 cm³/mol. The maximum atomic E-state index is 13.2. The van der Waals surface area contributed by atoms with Crippen molar-refractivity contribution in [1.82, 2.24) is 4.90 Å². The Hall–Kier alpha value is -3.73. The molecule has 1 amide bonds. The van der Waals surface area contributed by atoms with Crippen molar-refractivity contribution in [3.63, 3.8) is 0 Å². The first-order valence-electron chi connectivity index (χ1n) is 12.6. The number of esters is 1.